The molecule has 1 spiro atoms. The molecule has 1 aromatic rings. The first-order valence-corrected chi connectivity index (χ1v) is 11.0. The van der Waals surface area contributed by atoms with E-state index in [2.05, 4.69) is 12.2 Å². The summed E-state index contributed by atoms with van der Waals surface area (Å²) in [5.74, 6) is 2.38. The number of hydrogen-bond donors (Lipinski definition) is 1. The zero-order valence-corrected chi connectivity index (χ0v) is 16.9. The van der Waals surface area contributed by atoms with Crippen LogP contribution in [-0.4, -0.2) is 37.6 Å². The molecule has 4 fully saturated rings. The molecule has 6 rings (SSSR count). The van der Waals surface area contributed by atoms with E-state index in [0.29, 0.717) is 24.9 Å². The maximum absolute atomic E-state index is 12.7. The van der Waals surface area contributed by atoms with E-state index in [-0.39, 0.29) is 35.8 Å². The first-order valence-electron chi connectivity index (χ1n) is 11.0. The normalized spacial score (nSPS) is 41.8. The Morgan fingerprint density at radius 3 is 2.93 bits per heavy atom. The topological polar surface area (TPSA) is 69.3 Å². The first-order chi connectivity index (χ1) is 14.1. The fraction of sp³-hybridized carbons (Fsp3) is 0.696. The average Bonchev–Trinajstić information content (AvgIpc) is 3.18. The van der Waals surface area contributed by atoms with Crippen LogP contribution in [0.4, 0.5) is 0 Å². The number of benzene rings is 1. The molecule has 6 heteroatoms. The second-order valence-electron chi connectivity index (χ2n) is 9.92. The van der Waals surface area contributed by atoms with E-state index in [1.807, 2.05) is 18.2 Å². The van der Waals surface area contributed by atoms with Crippen molar-refractivity contribution in [2.75, 3.05) is 19.9 Å². The molecule has 2 saturated heterocycles. The van der Waals surface area contributed by atoms with Gasteiger partial charge in [-0.1, -0.05) is 13.0 Å². The Bertz CT molecular complexity index is 837. The van der Waals surface area contributed by atoms with Crippen LogP contribution in [0.25, 0.3) is 0 Å². The number of fused-ring (bicyclic) bond motifs is 4. The minimum atomic E-state index is -0.0590. The number of esters is 1. The SMILES string of the molecule is C[C@]12CCC[C@@]3(CO3)[C@@H]1C[C@H]1[C@@H](C2)OC(=O)[C@@H]1CNCc1ccc2c(c1)OCO2. The first kappa shape index (κ1) is 18.0. The summed E-state index contributed by atoms with van der Waals surface area (Å²) in [7, 11) is 0. The Labute approximate surface area is 171 Å². The molecule has 6 nitrogen and oxygen atoms in total. The van der Waals surface area contributed by atoms with E-state index in [1.165, 1.54) is 19.3 Å². The van der Waals surface area contributed by atoms with Crippen LogP contribution in [0.1, 0.15) is 44.6 Å². The largest absolute Gasteiger partial charge is 0.462 e. The minimum Gasteiger partial charge on any atom is -0.462 e. The number of rotatable bonds is 4. The van der Waals surface area contributed by atoms with Crippen LogP contribution < -0.4 is 14.8 Å². The van der Waals surface area contributed by atoms with Gasteiger partial charge in [-0.15, -0.1) is 0 Å². The Kier molecular flexibility index (Phi) is 3.95. The lowest BCUT2D eigenvalue weighted by Gasteiger charge is -2.51. The van der Waals surface area contributed by atoms with E-state index >= 15 is 0 Å². The molecular formula is C23H29NO5. The van der Waals surface area contributed by atoms with Crippen LogP contribution in [0.2, 0.25) is 0 Å². The third-order valence-corrected chi connectivity index (χ3v) is 8.21. The Hall–Kier alpha value is -1.79. The van der Waals surface area contributed by atoms with Gasteiger partial charge in [0.2, 0.25) is 6.79 Å². The summed E-state index contributed by atoms with van der Waals surface area (Å²) in [4.78, 5) is 12.7. The molecule has 0 amide bonds. The van der Waals surface area contributed by atoms with Gasteiger partial charge in [0.15, 0.2) is 11.5 Å². The van der Waals surface area contributed by atoms with Gasteiger partial charge in [0.25, 0.3) is 0 Å². The van der Waals surface area contributed by atoms with Crippen LogP contribution in [0, 0.1) is 23.2 Å². The predicted octanol–water partition coefficient (Wildman–Crippen LogP) is 3.03. The van der Waals surface area contributed by atoms with Gasteiger partial charge in [-0.05, 0) is 61.1 Å². The van der Waals surface area contributed by atoms with Crippen molar-refractivity contribution < 1.29 is 23.7 Å². The minimum absolute atomic E-state index is 0.0220. The molecular weight excluding hydrogens is 370 g/mol. The molecule has 1 N–H and O–H groups in total. The molecule has 6 atom stereocenters. The quantitative estimate of drug-likeness (QED) is 0.620. The van der Waals surface area contributed by atoms with Gasteiger partial charge in [0.05, 0.1) is 18.1 Å². The Balaban J connectivity index is 1.13. The van der Waals surface area contributed by atoms with Crippen molar-refractivity contribution in [1.82, 2.24) is 5.32 Å². The van der Waals surface area contributed by atoms with Crippen molar-refractivity contribution >= 4 is 5.97 Å². The predicted molar refractivity (Wildman–Crippen MR) is 104 cm³/mol. The van der Waals surface area contributed by atoms with Gasteiger partial charge < -0.3 is 24.3 Å². The Morgan fingerprint density at radius 2 is 2.07 bits per heavy atom. The maximum Gasteiger partial charge on any atom is 0.310 e. The highest BCUT2D eigenvalue weighted by Gasteiger charge is 2.64. The van der Waals surface area contributed by atoms with E-state index in [0.717, 1.165) is 36.5 Å². The number of nitrogens with one attached hydrogen (secondary N) is 1. The van der Waals surface area contributed by atoms with E-state index in [9.17, 15) is 4.79 Å². The van der Waals surface area contributed by atoms with E-state index < -0.39 is 0 Å². The highest BCUT2D eigenvalue weighted by atomic mass is 16.7. The van der Waals surface area contributed by atoms with Crippen molar-refractivity contribution in [1.29, 1.82) is 0 Å². The van der Waals surface area contributed by atoms with Crippen molar-refractivity contribution in [2.45, 2.75) is 57.3 Å². The second kappa shape index (κ2) is 6.35. The van der Waals surface area contributed by atoms with Gasteiger partial charge in [-0.25, -0.2) is 0 Å². The third-order valence-electron chi connectivity index (χ3n) is 8.21. The Morgan fingerprint density at radius 1 is 1.21 bits per heavy atom. The summed E-state index contributed by atoms with van der Waals surface area (Å²) in [6, 6.07) is 5.99. The summed E-state index contributed by atoms with van der Waals surface area (Å²) >= 11 is 0. The molecule has 29 heavy (non-hydrogen) atoms. The monoisotopic (exact) mass is 399 g/mol. The molecule has 0 bridgehead atoms. The van der Waals surface area contributed by atoms with Crippen molar-refractivity contribution in [3.8, 4) is 11.5 Å². The molecule has 5 aliphatic rings. The second-order valence-corrected chi connectivity index (χ2v) is 9.92. The summed E-state index contributed by atoms with van der Waals surface area (Å²) in [6.45, 7) is 4.95. The van der Waals surface area contributed by atoms with Gasteiger partial charge in [0, 0.05) is 19.0 Å². The number of carbonyl (C=O) groups is 1. The molecule has 0 radical (unpaired) electrons. The summed E-state index contributed by atoms with van der Waals surface area (Å²) < 4.78 is 22.7. The molecule has 1 aromatic carbocycles. The van der Waals surface area contributed by atoms with Crippen LogP contribution >= 0.6 is 0 Å². The van der Waals surface area contributed by atoms with E-state index in [1.54, 1.807) is 0 Å². The van der Waals surface area contributed by atoms with Gasteiger partial charge in [-0.3, -0.25) is 4.79 Å². The lowest BCUT2D eigenvalue weighted by molar-refractivity contribution is -0.147. The number of carbonyl (C=O) groups excluding carboxylic acids is 1. The zero-order chi connectivity index (χ0) is 19.6. The maximum atomic E-state index is 12.7. The van der Waals surface area contributed by atoms with Gasteiger partial charge in [-0.2, -0.15) is 0 Å². The number of epoxide rings is 1. The van der Waals surface area contributed by atoms with Crippen molar-refractivity contribution in [3.63, 3.8) is 0 Å². The highest BCUT2D eigenvalue weighted by Crippen LogP contribution is 2.62. The summed E-state index contributed by atoms with van der Waals surface area (Å²) in [5.41, 5.74) is 1.49. The third kappa shape index (κ3) is 2.87. The average molecular weight is 399 g/mol. The summed E-state index contributed by atoms with van der Waals surface area (Å²) in [6.07, 6.45) is 5.79. The smallest absolute Gasteiger partial charge is 0.310 e. The molecule has 156 valence electrons. The number of ether oxygens (including phenoxy) is 4. The van der Waals surface area contributed by atoms with Crippen LogP contribution in [0.3, 0.4) is 0 Å². The van der Waals surface area contributed by atoms with Gasteiger partial charge >= 0.3 is 5.97 Å². The standard InChI is InChI=1S/C23H29NO5/c1-22-5-2-6-23(12-28-23)20(22)8-15-16(21(25)29-19(15)9-22)11-24-10-14-3-4-17-18(7-14)27-13-26-17/h3-4,7,15-16,19-20,24H,2,5-6,8-13H2,1H3/t15-,16-,19-,20-,22-,23-/m1/s1. The van der Waals surface area contributed by atoms with Gasteiger partial charge in [0.1, 0.15) is 6.10 Å². The molecule has 2 aliphatic carbocycles. The highest BCUT2D eigenvalue weighted by molar-refractivity contribution is 5.75. The molecule has 3 aliphatic heterocycles. The van der Waals surface area contributed by atoms with Crippen molar-refractivity contribution in [2.24, 2.45) is 23.2 Å². The lowest BCUT2D eigenvalue weighted by Crippen LogP contribution is -2.51. The van der Waals surface area contributed by atoms with Crippen LogP contribution in [0.15, 0.2) is 18.2 Å². The van der Waals surface area contributed by atoms with E-state index in [4.69, 9.17) is 18.9 Å². The number of hydrogen-bond acceptors (Lipinski definition) is 6. The molecule has 3 heterocycles. The fourth-order valence-corrected chi connectivity index (χ4v) is 6.61. The summed E-state index contributed by atoms with van der Waals surface area (Å²) in [5, 5.41) is 3.49. The molecule has 0 aromatic heterocycles. The van der Waals surface area contributed by atoms with Crippen LogP contribution in [-0.2, 0) is 20.8 Å². The van der Waals surface area contributed by atoms with Crippen molar-refractivity contribution in [3.05, 3.63) is 23.8 Å². The molecule has 2 saturated carbocycles. The zero-order valence-electron chi connectivity index (χ0n) is 16.9. The molecule has 0 unspecified atom stereocenters. The lowest BCUT2D eigenvalue weighted by atomic mass is 9.53. The van der Waals surface area contributed by atoms with Crippen LogP contribution in [0.5, 0.6) is 11.5 Å². The fourth-order valence-electron chi connectivity index (χ4n) is 6.61.